The third kappa shape index (κ3) is 6.45. The van der Waals surface area contributed by atoms with Crippen molar-refractivity contribution in [2.24, 2.45) is 0 Å². The highest BCUT2D eigenvalue weighted by Crippen LogP contribution is 2.43. The van der Waals surface area contributed by atoms with Crippen LogP contribution < -0.4 is 15.0 Å². The SMILES string of the molecule is C=CCOC(=O)C1=C(C)NC(SCC(=O)N(c2ccccc2)c2ccccc2)=C(C#N)[C@@H]1c1ccc(O)c(OC)c1. The molecule has 1 heterocycles. The Morgan fingerprint density at radius 3 is 2.29 bits per heavy atom. The van der Waals surface area contributed by atoms with E-state index in [1.165, 1.54) is 31.0 Å². The molecule has 0 fully saturated rings. The van der Waals surface area contributed by atoms with E-state index in [0.29, 0.717) is 27.7 Å². The summed E-state index contributed by atoms with van der Waals surface area (Å²) in [5, 5.41) is 24.1. The van der Waals surface area contributed by atoms with E-state index in [1.54, 1.807) is 24.0 Å². The van der Waals surface area contributed by atoms with Crippen LogP contribution in [0, 0.1) is 11.3 Å². The zero-order valence-electron chi connectivity index (χ0n) is 22.7. The summed E-state index contributed by atoms with van der Waals surface area (Å²) in [6, 6.07) is 25.5. The van der Waals surface area contributed by atoms with E-state index >= 15 is 0 Å². The molecular formula is C32H29N3O5S. The standard InChI is InChI=1S/C32H29N3O5S/c1-4-17-40-32(38)29-21(2)34-31(25(19-33)30(29)22-15-16-26(36)27(18-22)39-3)41-20-28(37)35(23-11-7-5-8-12-23)24-13-9-6-10-14-24/h4-16,18,30,34,36H,1,17,20H2,2-3H3/t30-/m0/s1. The van der Waals surface area contributed by atoms with E-state index in [0.717, 1.165) is 0 Å². The van der Waals surface area contributed by atoms with Crippen LogP contribution in [0.25, 0.3) is 0 Å². The first-order valence-electron chi connectivity index (χ1n) is 12.7. The van der Waals surface area contributed by atoms with Gasteiger partial charge in [-0.2, -0.15) is 5.26 Å². The number of para-hydroxylation sites is 2. The number of carbonyl (C=O) groups is 2. The molecule has 1 aliphatic heterocycles. The molecule has 8 nitrogen and oxygen atoms in total. The number of hydrogen-bond donors (Lipinski definition) is 2. The van der Waals surface area contributed by atoms with Gasteiger partial charge in [0, 0.05) is 17.1 Å². The van der Waals surface area contributed by atoms with Crippen molar-refractivity contribution in [1.29, 1.82) is 5.26 Å². The quantitative estimate of drug-likeness (QED) is 0.229. The minimum atomic E-state index is -0.829. The molecule has 0 bridgehead atoms. The molecule has 0 spiro atoms. The number of allylic oxidation sites excluding steroid dienone is 2. The summed E-state index contributed by atoms with van der Waals surface area (Å²) >= 11 is 1.17. The Balaban J connectivity index is 1.72. The predicted molar refractivity (Wildman–Crippen MR) is 160 cm³/mol. The fourth-order valence-corrected chi connectivity index (χ4v) is 5.45. The molecule has 41 heavy (non-hydrogen) atoms. The van der Waals surface area contributed by atoms with E-state index in [4.69, 9.17) is 9.47 Å². The number of rotatable bonds is 10. The average molecular weight is 568 g/mol. The maximum atomic E-state index is 13.7. The van der Waals surface area contributed by atoms with Gasteiger partial charge in [-0.25, -0.2) is 4.79 Å². The van der Waals surface area contributed by atoms with E-state index in [2.05, 4.69) is 18.0 Å². The number of carbonyl (C=O) groups excluding carboxylic acids is 2. The summed E-state index contributed by atoms with van der Waals surface area (Å²) in [6.07, 6.45) is 1.46. The number of nitrogens with zero attached hydrogens (tertiary/aromatic N) is 2. The fourth-order valence-electron chi connectivity index (χ4n) is 4.51. The smallest absolute Gasteiger partial charge is 0.337 e. The van der Waals surface area contributed by atoms with E-state index in [-0.39, 0.29) is 40.9 Å². The number of benzene rings is 3. The van der Waals surface area contributed by atoms with Gasteiger partial charge in [0.1, 0.15) is 6.61 Å². The van der Waals surface area contributed by atoms with E-state index in [9.17, 15) is 20.0 Å². The lowest BCUT2D eigenvalue weighted by Crippen LogP contribution is -2.31. The molecule has 0 aromatic heterocycles. The molecule has 1 amide bonds. The normalized spacial score (nSPS) is 14.5. The van der Waals surface area contributed by atoms with Crippen LogP contribution in [0.5, 0.6) is 11.5 Å². The second-order valence-electron chi connectivity index (χ2n) is 8.96. The molecule has 0 aliphatic carbocycles. The molecule has 3 aromatic rings. The molecule has 1 atom stereocenters. The number of anilines is 2. The maximum absolute atomic E-state index is 13.7. The summed E-state index contributed by atoms with van der Waals surface area (Å²) < 4.78 is 10.6. The Morgan fingerprint density at radius 1 is 1.10 bits per heavy atom. The van der Waals surface area contributed by atoms with E-state index in [1.807, 2.05) is 60.7 Å². The first-order chi connectivity index (χ1) is 19.9. The number of methoxy groups -OCH3 is 1. The van der Waals surface area contributed by atoms with Gasteiger partial charge < -0.3 is 19.9 Å². The van der Waals surface area contributed by atoms with Crippen LogP contribution in [0.1, 0.15) is 18.4 Å². The molecule has 0 saturated heterocycles. The number of esters is 1. The lowest BCUT2D eigenvalue weighted by Gasteiger charge is -2.30. The van der Waals surface area contributed by atoms with Gasteiger partial charge in [-0.05, 0) is 48.9 Å². The molecule has 0 saturated carbocycles. The van der Waals surface area contributed by atoms with Crippen LogP contribution in [0.3, 0.4) is 0 Å². The van der Waals surface area contributed by atoms with Crippen molar-refractivity contribution >= 4 is 35.0 Å². The van der Waals surface area contributed by atoms with Crippen molar-refractivity contribution in [2.45, 2.75) is 12.8 Å². The number of amides is 1. The van der Waals surface area contributed by atoms with Crippen molar-refractivity contribution in [3.8, 4) is 17.6 Å². The monoisotopic (exact) mass is 567 g/mol. The highest BCUT2D eigenvalue weighted by molar-refractivity contribution is 8.03. The van der Waals surface area contributed by atoms with Gasteiger partial charge in [0.2, 0.25) is 5.91 Å². The number of nitriles is 1. The summed E-state index contributed by atoms with van der Waals surface area (Å²) in [4.78, 5) is 28.5. The topological polar surface area (TPSA) is 112 Å². The Bertz CT molecular complexity index is 1510. The number of aromatic hydroxyl groups is 1. The number of dihydropyridines is 1. The van der Waals surface area contributed by atoms with Crippen LogP contribution in [-0.2, 0) is 14.3 Å². The number of phenolic OH excluding ortho intramolecular Hbond substituents is 1. The van der Waals surface area contributed by atoms with Crippen LogP contribution in [0.2, 0.25) is 0 Å². The van der Waals surface area contributed by atoms with Gasteiger partial charge in [-0.1, -0.05) is 66.9 Å². The Hall–Kier alpha value is -4.94. The van der Waals surface area contributed by atoms with Gasteiger partial charge in [-0.15, -0.1) is 0 Å². The number of hydrogen-bond acceptors (Lipinski definition) is 8. The minimum Gasteiger partial charge on any atom is -0.504 e. The van der Waals surface area contributed by atoms with Crippen molar-refractivity contribution < 1.29 is 24.2 Å². The molecule has 0 unspecified atom stereocenters. The lowest BCUT2D eigenvalue weighted by molar-refractivity contribution is -0.138. The summed E-state index contributed by atoms with van der Waals surface area (Å²) in [6.45, 7) is 5.31. The molecule has 1 aliphatic rings. The van der Waals surface area contributed by atoms with E-state index < -0.39 is 11.9 Å². The second-order valence-corrected chi connectivity index (χ2v) is 9.94. The fraction of sp³-hybridized carbons (Fsp3) is 0.156. The zero-order valence-corrected chi connectivity index (χ0v) is 23.5. The first-order valence-corrected chi connectivity index (χ1v) is 13.7. The van der Waals surface area contributed by atoms with Gasteiger partial charge in [0.15, 0.2) is 11.5 Å². The van der Waals surface area contributed by atoms with Gasteiger partial charge in [-0.3, -0.25) is 9.69 Å². The number of phenols is 1. The summed E-state index contributed by atoms with van der Waals surface area (Å²) in [5.41, 5.74) is 2.93. The van der Waals surface area contributed by atoms with Crippen LogP contribution >= 0.6 is 11.8 Å². The van der Waals surface area contributed by atoms with Crippen molar-refractivity contribution in [2.75, 3.05) is 24.4 Å². The average Bonchev–Trinajstić information content (AvgIpc) is 3.00. The zero-order chi connectivity index (χ0) is 29.4. The van der Waals surface area contributed by atoms with Gasteiger partial charge in [0.05, 0.1) is 41.0 Å². The van der Waals surface area contributed by atoms with Crippen LogP contribution in [0.15, 0.2) is 113 Å². The summed E-state index contributed by atoms with van der Waals surface area (Å²) in [7, 11) is 1.42. The van der Waals surface area contributed by atoms with Crippen molar-refractivity contribution in [3.05, 3.63) is 119 Å². The maximum Gasteiger partial charge on any atom is 0.337 e. The molecular weight excluding hydrogens is 538 g/mol. The van der Waals surface area contributed by atoms with Gasteiger partial charge in [0.25, 0.3) is 0 Å². The molecule has 4 rings (SSSR count). The molecule has 3 aromatic carbocycles. The third-order valence-corrected chi connectivity index (χ3v) is 7.36. The van der Waals surface area contributed by atoms with Crippen molar-refractivity contribution in [1.82, 2.24) is 5.32 Å². The number of nitrogens with one attached hydrogen (secondary N) is 1. The Morgan fingerprint density at radius 2 is 1.73 bits per heavy atom. The minimum absolute atomic E-state index is 0.00223. The largest absolute Gasteiger partial charge is 0.504 e. The lowest BCUT2D eigenvalue weighted by atomic mass is 9.82. The Kier molecular flexibility index (Phi) is 9.51. The highest BCUT2D eigenvalue weighted by Gasteiger charge is 2.36. The second kappa shape index (κ2) is 13.4. The highest BCUT2D eigenvalue weighted by atomic mass is 32.2. The number of ether oxygens (including phenoxy) is 2. The molecule has 2 N–H and O–H groups in total. The molecule has 208 valence electrons. The third-order valence-electron chi connectivity index (χ3n) is 6.35. The number of thioether (sulfide) groups is 1. The summed E-state index contributed by atoms with van der Waals surface area (Å²) in [5.74, 6) is -1.51. The molecule has 0 radical (unpaired) electrons. The van der Waals surface area contributed by atoms with Crippen LogP contribution in [0.4, 0.5) is 11.4 Å². The first kappa shape index (κ1) is 29.1. The van der Waals surface area contributed by atoms with Gasteiger partial charge >= 0.3 is 5.97 Å². The van der Waals surface area contributed by atoms with Crippen molar-refractivity contribution in [3.63, 3.8) is 0 Å². The Labute approximate surface area is 243 Å². The van der Waals surface area contributed by atoms with Crippen LogP contribution in [-0.4, -0.2) is 36.5 Å². The molecule has 9 heteroatoms. The predicted octanol–water partition coefficient (Wildman–Crippen LogP) is 5.92.